The Balaban J connectivity index is 2.97. The lowest BCUT2D eigenvalue weighted by Crippen LogP contribution is -2.52. The molecule has 142 valence electrons. The molecule has 0 saturated heterocycles. The maximum Gasteiger partial charge on any atom is 0.251 e. The molecule has 0 spiro atoms. The van der Waals surface area contributed by atoms with Crippen LogP contribution in [0.15, 0.2) is 29.2 Å². The Labute approximate surface area is 151 Å². The van der Waals surface area contributed by atoms with E-state index in [9.17, 15) is 13.2 Å². The topological polar surface area (TPSA) is 92.5 Å². The molecule has 1 aromatic carbocycles. The van der Waals surface area contributed by atoms with Crippen LogP contribution in [-0.4, -0.2) is 43.8 Å². The highest BCUT2D eigenvalue weighted by Gasteiger charge is 2.27. The van der Waals surface area contributed by atoms with E-state index >= 15 is 0 Å². The van der Waals surface area contributed by atoms with Gasteiger partial charge < -0.3 is 11.1 Å². The van der Waals surface area contributed by atoms with E-state index in [-0.39, 0.29) is 10.8 Å². The number of hydrogen-bond donors (Lipinski definition) is 2. The molecule has 0 aliphatic heterocycles. The largest absolute Gasteiger partial charge is 0.346 e. The van der Waals surface area contributed by atoms with Gasteiger partial charge in [0, 0.05) is 30.7 Å². The number of hydrogen-bond acceptors (Lipinski definition) is 4. The van der Waals surface area contributed by atoms with Crippen LogP contribution in [0.3, 0.4) is 0 Å². The lowest BCUT2D eigenvalue weighted by Gasteiger charge is -2.31. The van der Waals surface area contributed by atoms with Crippen LogP contribution in [-0.2, 0) is 10.0 Å². The number of carbonyl (C=O) groups excluding carboxylic acids is 1. The van der Waals surface area contributed by atoms with Gasteiger partial charge in [-0.05, 0) is 43.5 Å². The van der Waals surface area contributed by atoms with E-state index in [4.69, 9.17) is 5.73 Å². The van der Waals surface area contributed by atoms with Crippen LogP contribution >= 0.6 is 0 Å². The third kappa shape index (κ3) is 5.52. The number of rotatable bonds is 9. The van der Waals surface area contributed by atoms with Crippen LogP contribution in [0.4, 0.5) is 0 Å². The monoisotopic (exact) mass is 369 g/mol. The summed E-state index contributed by atoms with van der Waals surface area (Å²) in [5.41, 5.74) is 5.76. The molecule has 0 saturated carbocycles. The molecular formula is C18H31N3O3S. The Morgan fingerprint density at radius 3 is 2.12 bits per heavy atom. The molecule has 0 fully saturated rings. The number of nitrogens with two attached hydrogens (primary N) is 1. The summed E-state index contributed by atoms with van der Waals surface area (Å²) in [5, 5.41) is 2.97. The predicted octanol–water partition coefficient (Wildman–Crippen LogP) is 2.21. The van der Waals surface area contributed by atoms with E-state index in [1.54, 1.807) is 13.8 Å². The molecule has 1 aromatic rings. The Morgan fingerprint density at radius 2 is 1.72 bits per heavy atom. The molecule has 7 heteroatoms. The molecule has 25 heavy (non-hydrogen) atoms. The van der Waals surface area contributed by atoms with Crippen molar-refractivity contribution in [3.8, 4) is 0 Å². The zero-order valence-electron chi connectivity index (χ0n) is 15.9. The molecule has 0 radical (unpaired) electrons. The number of nitrogens with one attached hydrogen (secondary N) is 1. The summed E-state index contributed by atoms with van der Waals surface area (Å²) in [7, 11) is -3.52. The zero-order chi connectivity index (χ0) is 19.3. The molecule has 0 bridgehead atoms. The van der Waals surface area contributed by atoms with Gasteiger partial charge in [-0.2, -0.15) is 4.31 Å². The van der Waals surface area contributed by atoms with Gasteiger partial charge in [0.1, 0.15) is 0 Å². The van der Waals surface area contributed by atoms with Crippen LogP contribution in [0, 0.1) is 5.92 Å². The SMILES string of the molecule is CCN(CC)S(=O)(=O)c1ccc(C(=O)NC(C)(CN)CC(C)C)cc1. The third-order valence-corrected chi connectivity index (χ3v) is 6.25. The van der Waals surface area contributed by atoms with E-state index in [0.29, 0.717) is 31.1 Å². The van der Waals surface area contributed by atoms with Crippen molar-refractivity contribution < 1.29 is 13.2 Å². The molecule has 1 unspecified atom stereocenters. The van der Waals surface area contributed by atoms with Crippen molar-refractivity contribution in [2.75, 3.05) is 19.6 Å². The number of benzene rings is 1. The van der Waals surface area contributed by atoms with E-state index in [0.717, 1.165) is 6.42 Å². The normalized spacial score (nSPS) is 14.6. The number of carbonyl (C=O) groups is 1. The third-order valence-electron chi connectivity index (χ3n) is 4.18. The number of nitrogens with zero attached hydrogens (tertiary/aromatic N) is 1. The second-order valence-corrected chi connectivity index (χ2v) is 8.87. The lowest BCUT2D eigenvalue weighted by atomic mass is 9.90. The lowest BCUT2D eigenvalue weighted by molar-refractivity contribution is 0.0898. The highest BCUT2D eigenvalue weighted by atomic mass is 32.2. The molecule has 0 aliphatic carbocycles. The van der Waals surface area contributed by atoms with Crippen molar-refractivity contribution in [3.05, 3.63) is 29.8 Å². The fourth-order valence-corrected chi connectivity index (χ4v) is 4.38. The Bertz CT molecular complexity index is 667. The summed E-state index contributed by atoms with van der Waals surface area (Å²) < 4.78 is 26.3. The highest BCUT2D eigenvalue weighted by Crippen LogP contribution is 2.18. The first-order valence-electron chi connectivity index (χ1n) is 8.72. The van der Waals surface area contributed by atoms with Gasteiger partial charge in [-0.3, -0.25) is 4.79 Å². The first-order chi connectivity index (χ1) is 11.6. The maximum atomic E-state index is 12.5. The standard InChI is InChI=1S/C18H31N3O3S/c1-6-21(7-2)25(23,24)16-10-8-15(9-11-16)17(22)20-18(5,13-19)12-14(3)4/h8-11,14H,6-7,12-13,19H2,1-5H3,(H,20,22). The van der Waals surface area contributed by atoms with Gasteiger partial charge in [-0.1, -0.05) is 27.7 Å². The minimum Gasteiger partial charge on any atom is -0.346 e. The van der Waals surface area contributed by atoms with Crippen LogP contribution in [0.5, 0.6) is 0 Å². The number of sulfonamides is 1. The van der Waals surface area contributed by atoms with Gasteiger partial charge in [-0.15, -0.1) is 0 Å². The van der Waals surface area contributed by atoms with E-state index in [1.807, 2.05) is 6.92 Å². The van der Waals surface area contributed by atoms with Crippen molar-refractivity contribution in [2.45, 2.75) is 51.5 Å². The van der Waals surface area contributed by atoms with Gasteiger partial charge in [0.05, 0.1) is 4.90 Å². The van der Waals surface area contributed by atoms with Gasteiger partial charge >= 0.3 is 0 Å². The smallest absolute Gasteiger partial charge is 0.251 e. The number of amides is 1. The summed E-state index contributed by atoms with van der Waals surface area (Å²) in [6.07, 6.45) is 0.768. The molecule has 1 amide bonds. The van der Waals surface area contributed by atoms with E-state index in [2.05, 4.69) is 19.2 Å². The quantitative estimate of drug-likeness (QED) is 0.698. The second-order valence-electron chi connectivity index (χ2n) is 6.93. The van der Waals surface area contributed by atoms with Crippen molar-refractivity contribution in [3.63, 3.8) is 0 Å². The van der Waals surface area contributed by atoms with Gasteiger partial charge in [0.25, 0.3) is 5.91 Å². The van der Waals surface area contributed by atoms with Crippen LogP contribution in [0.25, 0.3) is 0 Å². The van der Waals surface area contributed by atoms with Crippen LogP contribution in [0.2, 0.25) is 0 Å². The molecule has 6 nitrogen and oxygen atoms in total. The zero-order valence-corrected chi connectivity index (χ0v) is 16.7. The molecule has 0 aliphatic rings. The summed E-state index contributed by atoms with van der Waals surface area (Å²) >= 11 is 0. The van der Waals surface area contributed by atoms with Crippen molar-refractivity contribution in [2.24, 2.45) is 11.7 Å². The Morgan fingerprint density at radius 1 is 1.20 bits per heavy atom. The molecule has 0 heterocycles. The predicted molar refractivity (Wildman–Crippen MR) is 101 cm³/mol. The molecule has 3 N–H and O–H groups in total. The second kappa shape index (κ2) is 8.78. The van der Waals surface area contributed by atoms with E-state index < -0.39 is 15.6 Å². The van der Waals surface area contributed by atoms with Crippen molar-refractivity contribution >= 4 is 15.9 Å². The summed E-state index contributed by atoms with van der Waals surface area (Å²) in [5.74, 6) is 0.149. The van der Waals surface area contributed by atoms with Crippen molar-refractivity contribution in [1.82, 2.24) is 9.62 Å². The fourth-order valence-electron chi connectivity index (χ4n) is 2.92. The Kier molecular flexibility index (Phi) is 7.59. The fraction of sp³-hybridized carbons (Fsp3) is 0.611. The average Bonchev–Trinajstić information content (AvgIpc) is 2.55. The van der Waals surface area contributed by atoms with Gasteiger partial charge in [0.15, 0.2) is 0 Å². The minimum absolute atomic E-state index is 0.191. The molecular weight excluding hydrogens is 338 g/mol. The molecule has 0 aromatic heterocycles. The van der Waals surface area contributed by atoms with Crippen LogP contribution in [0.1, 0.15) is 51.4 Å². The first kappa shape index (κ1) is 21.6. The molecule has 1 atom stereocenters. The van der Waals surface area contributed by atoms with Gasteiger partial charge in [0.2, 0.25) is 10.0 Å². The van der Waals surface area contributed by atoms with Gasteiger partial charge in [-0.25, -0.2) is 8.42 Å². The maximum absolute atomic E-state index is 12.5. The highest BCUT2D eigenvalue weighted by molar-refractivity contribution is 7.89. The summed E-state index contributed by atoms with van der Waals surface area (Å²) in [4.78, 5) is 12.7. The summed E-state index contributed by atoms with van der Waals surface area (Å²) in [6.45, 7) is 10.8. The summed E-state index contributed by atoms with van der Waals surface area (Å²) in [6, 6.07) is 6.03. The van der Waals surface area contributed by atoms with Crippen LogP contribution < -0.4 is 11.1 Å². The van der Waals surface area contributed by atoms with E-state index in [1.165, 1.54) is 28.6 Å². The molecule has 1 rings (SSSR count). The average molecular weight is 370 g/mol. The first-order valence-corrected chi connectivity index (χ1v) is 10.2. The minimum atomic E-state index is -3.52. The Hall–Kier alpha value is -1.44. The van der Waals surface area contributed by atoms with Crippen molar-refractivity contribution in [1.29, 1.82) is 0 Å².